The van der Waals surface area contributed by atoms with Gasteiger partial charge in [-0.25, -0.2) is 4.98 Å². The number of thioether (sulfide) groups is 1. The van der Waals surface area contributed by atoms with Crippen molar-refractivity contribution >= 4 is 57.3 Å². The van der Waals surface area contributed by atoms with E-state index in [9.17, 15) is 9.59 Å². The molecule has 0 atom stereocenters. The van der Waals surface area contributed by atoms with Crippen LogP contribution in [0.5, 0.6) is 0 Å². The summed E-state index contributed by atoms with van der Waals surface area (Å²) < 4.78 is 1.83. The number of carbonyl (C=O) groups excluding carboxylic acids is 2. The van der Waals surface area contributed by atoms with Crippen molar-refractivity contribution in [1.29, 1.82) is 0 Å². The van der Waals surface area contributed by atoms with Gasteiger partial charge in [-0.15, -0.1) is 21.5 Å². The number of thiazole rings is 1. The molecule has 0 spiro atoms. The summed E-state index contributed by atoms with van der Waals surface area (Å²) in [4.78, 5) is 30.1. The molecule has 0 aliphatic rings. The Hall–Kier alpha value is -2.43. The van der Waals surface area contributed by atoms with Gasteiger partial charge in [0.15, 0.2) is 10.3 Å². The molecule has 2 aromatic heterocycles. The average Bonchev–Trinajstić information content (AvgIpc) is 3.24. The number of amides is 2. The maximum Gasteiger partial charge on any atom is 0.236 e. The molecule has 8 nitrogen and oxygen atoms in total. The largest absolute Gasteiger partial charge is 0.326 e. The van der Waals surface area contributed by atoms with Crippen molar-refractivity contribution in [2.24, 2.45) is 0 Å². The van der Waals surface area contributed by atoms with Gasteiger partial charge >= 0.3 is 0 Å². The molecule has 0 fully saturated rings. The van der Waals surface area contributed by atoms with Gasteiger partial charge < -0.3 is 15.2 Å². The second-order valence-corrected chi connectivity index (χ2v) is 9.38. The van der Waals surface area contributed by atoms with E-state index in [-0.39, 0.29) is 24.0 Å². The molecule has 0 saturated carbocycles. The van der Waals surface area contributed by atoms with Gasteiger partial charge in [0.1, 0.15) is 5.82 Å². The minimum atomic E-state index is -0.217. The zero-order chi connectivity index (χ0) is 22.5. The van der Waals surface area contributed by atoms with Crippen molar-refractivity contribution in [1.82, 2.24) is 19.7 Å². The molecule has 31 heavy (non-hydrogen) atoms. The zero-order valence-corrected chi connectivity index (χ0v) is 20.0. The Balaban J connectivity index is 1.58. The summed E-state index contributed by atoms with van der Waals surface area (Å²) in [5.41, 5.74) is 2.48. The topological polar surface area (TPSA) is 102 Å². The number of rotatable bonds is 8. The number of carbonyl (C=O) groups is 2. The monoisotopic (exact) mass is 478 g/mol. The third-order valence-electron chi connectivity index (χ3n) is 4.49. The number of nitrogens with zero attached hydrogens (tertiary/aromatic N) is 4. The second-order valence-electron chi connectivity index (χ2n) is 6.83. The fourth-order valence-corrected chi connectivity index (χ4v) is 4.54. The molecule has 2 amide bonds. The molecule has 0 unspecified atom stereocenters. The molecule has 2 N–H and O–H groups in total. The second kappa shape index (κ2) is 10.3. The van der Waals surface area contributed by atoms with Crippen molar-refractivity contribution in [3.63, 3.8) is 0 Å². The number of aromatic nitrogens is 4. The van der Waals surface area contributed by atoms with Crippen molar-refractivity contribution in [3.8, 4) is 0 Å². The smallest absolute Gasteiger partial charge is 0.236 e. The third kappa shape index (κ3) is 6.05. The third-order valence-corrected chi connectivity index (χ3v) is 6.85. The van der Waals surface area contributed by atoms with Gasteiger partial charge in [0, 0.05) is 22.1 Å². The molecule has 3 rings (SSSR count). The molecule has 2 heterocycles. The molecule has 0 saturated heterocycles. The van der Waals surface area contributed by atoms with Crippen molar-refractivity contribution < 1.29 is 9.59 Å². The highest BCUT2D eigenvalue weighted by Crippen LogP contribution is 2.23. The number of hydrogen-bond donors (Lipinski definition) is 2. The van der Waals surface area contributed by atoms with Crippen LogP contribution in [-0.4, -0.2) is 37.3 Å². The van der Waals surface area contributed by atoms with E-state index < -0.39 is 0 Å². The Morgan fingerprint density at radius 2 is 1.94 bits per heavy atom. The van der Waals surface area contributed by atoms with E-state index in [1.165, 1.54) is 23.1 Å². The first kappa shape index (κ1) is 23.2. The fraction of sp³-hybridized carbons (Fsp3) is 0.350. The van der Waals surface area contributed by atoms with Gasteiger partial charge in [0.25, 0.3) is 0 Å². The van der Waals surface area contributed by atoms with E-state index in [0.29, 0.717) is 33.4 Å². The van der Waals surface area contributed by atoms with Crippen molar-refractivity contribution in [2.45, 2.75) is 45.8 Å². The molecular weight excluding hydrogens is 456 g/mol. The number of aryl methyl sites for hydroxylation is 3. The predicted octanol–water partition coefficient (Wildman–Crippen LogP) is 4.25. The normalized spacial score (nSPS) is 10.9. The summed E-state index contributed by atoms with van der Waals surface area (Å²) in [6, 6.07) is 5.36. The Kier molecular flexibility index (Phi) is 7.69. The summed E-state index contributed by atoms with van der Waals surface area (Å²) in [7, 11) is 0. The lowest BCUT2D eigenvalue weighted by atomic mass is 10.2. The number of benzene rings is 1. The van der Waals surface area contributed by atoms with Crippen LogP contribution in [0.2, 0.25) is 5.02 Å². The molecule has 0 aliphatic carbocycles. The fourth-order valence-electron chi connectivity index (χ4n) is 2.71. The number of hydrogen-bond acceptors (Lipinski definition) is 7. The van der Waals surface area contributed by atoms with E-state index in [1.54, 1.807) is 12.1 Å². The quantitative estimate of drug-likeness (QED) is 0.469. The minimum absolute atomic E-state index is 0.0662. The van der Waals surface area contributed by atoms with Crippen LogP contribution >= 0.6 is 34.7 Å². The van der Waals surface area contributed by atoms with Gasteiger partial charge in [0.05, 0.1) is 17.9 Å². The zero-order valence-electron chi connectivity index (χ0n) is 17.7. The lowest BCUT2D eigenvalue weighted by Gasteiger charge is -2.09. The molecule has 1 aromatic carbocycles. The first-order valence-corrected chi connectivity index (χ1v) is 11.8. The van der Waals surface area contributed by atoms with Gasteiger partial charge in [-0.05, 0) is 45.4 Å². The van der Waals surface area contributed by atoms with Gasteiger partial charge in [-0.1, -0.05) is 29.4 Å². The standard InChI is InChI=1S/C20H23ClN6O2S2/c1-5-27-16(9-17(28)23-14-7-6-11(2)15(21)8-14)25-26-20(27)30-10-18(29)24-19-22-12(3)13(4)31-19/h6-8H,5,9-10H2,1-4H3,(H,23,28)(H,22,24,29). The first-order chi connectivity index (χ1) is 14.8. The molecule has 164 valence electrons. The number of anilines is 2. The van der Waals surface area contributed by atoms with E-state index in [0.717, 1.165) is 16.1 Å². The van der Waals surface area contributed by atoms with Gasteiger partial charge in [0.2, 0.25) is 11.8 Å². The lowest BCUT2D eigenvalue weighted by molar-refractivity contribution is -0.116. The van der Waals surface area contributed by atoms with Crippen LogP contribution in [0, 0.1) is 20.8 Å². The van der Waals surface area contributed by atoms with Crippen molar-refractivity contribution in [2.75, 3.05) is 16.4 Å². The van der Waals surface area contributed by atoms with Crippen molar-refractivity contribution in [3.05, 3.63) is 45.2 Å². The average molecular weight is 479 g/mol. The summed E-state index contributed by atoms with van der Waals surface area (Å²) in [6.07, 6.45) is 0.0662. The summed E-state index contributed by atoms with van der Waals surface area (Å²) in [6.45, 7) is 8.30. The van der Waals surface area contributed by atoms with Crippen LogP contribution < -0.4 is 10.6 Å². The highest BCUT2D eigenvalue weighted by atomic mass is 35.5. The Morgan fingerprint density at radius 3 is 2.58 bits per heavy atom. The first-order valence-electron chi connectivity index (χ1n) is 9.61. The maximum absolute atomic E-state index is 12.4. The van der Waals surface area contributed by atoms with E-state index in [1.807, 2.05) is 38.3 Å². The molecule has 3 aromatic rings. The summed E-state index contributed by atoms with van der Waals surface area (Å²) >= 11 is 8.83. The van der Waals surface area contributed by atoms with Gasteiger partial charge in [-0.3, -0.25) is 9.59 Å². The van der Waals surface area contributed by atoms with E-state index in [2.05, 4.69) is 25.8 Å². The van der Waals surface area contributed by atoms with Gasteiger partial charge in [-0.2, -0.15) is 0 Å². The summed E-state index contributed by atoms with van der Waals surface area (Å²) in [5, 5.41) is 15.7. The summed E-state index contributed by atoms with van der Waals surface area (Å²) in [5.74, 6) is 0.321. The van der Waals surface area contributed by atoms with E-state index >= 15 is 0 Å². The highest BCUT2D eigenvalue weighted by Gasteiger charge is 2.17. The van der Waals surface area contributed by atoms with Crippen LogP contribution in [0.4, 0.5) is 10.8 Å². The van der Waals surface area contributed by atoms with Crippen LogP contribution in [0.25, 0.3) is 0 Å². The molecule has 0 radical (unpaired) electrons. The Labute approximate surface area is 193 Å². The predicted molar refractivity (Wildman–Crippen MR) is 125 cm³/mol. The Morgan fingerprint density at radius 1 is 1.16 bits per heavy atom. The molecule has 11 heteroatoms. The molecular formula is C20H23ClN6O2S2. The maximum atomic E-state index is 12.4. The van der Waals surface area contributed by atoms with Crippen LogP contribution in [0.1, 0.15) is 28.9 Å². The Bertz CT molecular complexity index is 1090. The SMILES string of the molecule is CCn1c(CC(=O)Nc2ccc(C)c(Cl)c2)nnc1SCC(=O)Nc1nc(C)c(C)s1. The number of nitrogens with one attached hydrogen (secondary N) is 2. The van der Waals surface area contributed by atoms with Crippen LogP contribution in [0.3, 0.4) is 0 Å². The molecule has 0 aliphatic heterocycles. The van der Waals surface area contributed by atoms with Crippen LogP contribution in [0.15, 0.2) is 23.4 Å². The number of halogens is 1. The van der Waals surface area contributed by atoms with Crippen LogP contribution in [-0.2, 0) is 22.6 Å². The molecule has 0 bridgehead atoms. The minimum Gasteiger partial charge on any atom is -0.326 e. The van der Waals surface area contributed by atoms with E-state index in [4.69, 9.17) is 11.6 Å². The lowest BCUT2D eigenvalue weighted by Crippen LogP contribution is -2.18. The highest BCUT2D eigenvalue weighted by molar-refractivity contribution is 7.99.